The molecule has 0 saturated heterocycles. The first-order valence-electron chi connectivity index (χ1n) is 6.83. The van der Waals surface area contributed by atoms with Gasteiger partial charge in [-0.15, -0.1) is 11.3 Å². The number of hydrogen-bond acceptors (Lipinski definition) is 2. The lowest BCUT2D eigenvalue weighted by Gasteiger charge is -2.17. The van der Waals surface area contributed by atoms with Gasteiger partial charge in [-0.1, -0.05) is 42.3 Å². The zero-order valence-electron chi connectivity index (χ0n) is 11.7. The van der Waals surface area contributed by atoms with Crippen LogP contribution in [0.25, 0.3) is 0 Å². The number of rotatable bonds is 6. The summed E-state index contributed by atoms with van der Waals surface area (Å²) >= 11 is 13.9. The van der Waals surface area contributed by atoms with Gasteiger partial charge in [0.15, 0.2) is 0 Å². The third kappa shape index (κ3) is 4.23. The van der Waals surface area contributed by atoms with Crippen LogP contribution in [0.4, 0.5) is 0 Å². The van der Waals surface area contributed by atoms with Gasteiger partial charge in [-0.25, -0.2) is 0 Å². The monoisotopic (exact) mass is 327 g/mol. The lowest BCUT2D eigenvalue weighted by atomic mass is 10.0. The fourth-order valence-corrected chi connectivity index (χ4v) is 3.65. The molecule has 20 heavy (non-hydrogen) atoms. The first-order chi connectivity index (χ1) is 9.60. The van der Waals surface area contributed by atoms with E-state index in [0.717, 1.165) is 34.3 Å². The molecule has 1 atom stereocenters. The maximum atomic E-state index is 6.21. The van der Waals surface area contributed by atoms with Crippen LogP contribution in [0.5, 0.6) is 0 Å². The molecule has 0 fully saturated rings. The van der Waals surface area contributed by atoms with Crippen LogP contribution < -0.4 is 5.32 Å². The molecule has 0 saturated carbocycles. The highest BCUT2D eigenvalue weighted by Crippen LogP contribution is 2.32. The third-order valence-electron chi connectivity index (χ3n) is 3.19. The topological polar surface area (TPSA) is 12.0 Å². The third-order valence-corrected chi connectivity index (χ3v) is 5.09. The predicted octanol–water partition coefficient (Wildman–Crippen LogP) is 5.65. The van der Waals surface area contributed by atoms with Crippen LogP contribution in [0.2, 0.25) is 9.36 Å². The van der Waals surface area contributed by atoms with E-state index in [1.807, 2.05) is 18.2 Å². The summed E-state index contributed by atoms with van der Waals surface area (Å²) in [5.74, 6) is 0. The van der Waals surface area contributed by atoms with Gasteiger partial charge in [0.2, 0.25) is 0 Å². The highest BCUT2D eigenvalue weighted by Gasteiger charge is 2.15. The Labute approximate surface area is 134 Å². The summed E-state index contributed by atoms with van der Waals surface area (Å²) in [4.78, 5) is 1.29. The molecule has 0 bridgehead atoms. The van der Waals surface area contributed by atoms with Crippen LogP contribution in [0.15, 0.2) is 30.3 Å². The second-order valence-electron chi connectivity index (χ2n) is 4.95. The number of aryl methyl sites for hydroxylation is 1. The Morgan fingerprint density at radius 2 is 2.05 bits per heavy atom. The van der Waals surface area contributed by atoms with Crippen LogP contribution in [-0.2, 0) is 6.42 Å². The summed E-state index contributed by atoms with van der Waals surface area (Å²) in [6.45, 7) is 5.23. The van der Waals surface area contributed by atoms with Gasteiger partial charge >= 0.3 is 0 Å². The first-order valence-corrected chi connectivity index (χ1v) is 8.41. The largest absolute Gasteiger partial charge is 0.309 e. The Morgan fingerprint density at radius 3 is 2.65 bits per heavy atom. The molecule has 1 N–H and O–H groups in total. The van der Waals surface area contributed by atoms with E-state index in [9.17, 15) is 0 Å². The van der Waals surface area contributed by atoms with Gasteiger partial charge in [0.05, 0.1) is 4.34 Å². The smallest absolute Gasteiger partial charge is 0.0960 e. The van der Waals surface area contributed by atoms with Crippen LogP contribution in [0.1, 0.15) is 35.4 Å². The molecular weight excluding hydrogens is 309 g/mol. The standard InChI is InChI=1S/C16H19Cl2NS/c1-3-7-19-14(15-8-11(2)16(18)20-15)10-12-5-4-6-13(17)9-12/h4-6,8-9,14,19H,3,7,10H2,1-2H3. The van der Waals surface area contributed by atoms with Gasteiger partial charge in [0.1, 0.15) is 0 Å². The van der Waals surface area contributed by atoms with Crippen molar-refractivity contribution in [1.29, 1.82) is 0 Å². The molecule has 0 aliphatic carbocycles. The number of benzene rings is 1. The average molecular weight is 328 g/mol. The molecule has 0 spiro atoms. The number of thiophene rings is 1. The van der Waals surface area contributed by atoms with E-state index in [-0.39, 0.29) is 0 Å². The summed E-state index contributed by atoms with van der Waals surface area (Å²) in [6, 6.07) is 10.5. The minimum Gasteiger partial charge on any atom is -0.309 e. The minimum absolute atomic E-state index is 0.296. The fraction of sp³-hybridized carbons (Fsp3) is 0.375. The summed E-state index contributed by atoms with van der Waals surface area (Å²) in [5, 5.41) is 4.39. The van der Waals surface area contributed by atoms with Crippen LogP contribution in [-0.4, -0.2) is 6.54 Å². The Kier molecular flexibility index (Phi) is 5.91. The molecule has 2 aromatic rings. The van der Waals surface area contributed by atoms with Crippen LogP contribution >= 0.6 is 34.5 Å². The van der Waals surface area contributed by atoms with Crippen molar-refractivity contribution in [3.05, 3.63) is 55.7 Å². The Hall–Kier alpha value is -0.540. The van der Waals surface area contributed by atoms with Gasteiger partial charge in [-0.3, -0.25) is 0 Å². The van der Waals surface area contributed by atoms with Gasteiger partial charge < -0.3 is 5.32 Å². The zero-order valence-corrected chi connectivity index (χ0v) is 14.1. The maximum absolute atomic E-state index is 6.21. The van der Waals surface area contributed by atoms with Gasteiger partial charge in [-0.2, -0.15) is 0 Å². The fourth-order valence-electron chi connectivity index (χ4n) is 2.15. The molecule has 1 nitrogen and oxygen atoms in total. The van der Waals surface area contributed by atoms with Crippen LogP contribution in [0, 0.1) is 6.92 Å². The van der Waals surface area contributed by atoms with Crippen molar-refractivity contribution in [2.24, 2.45) is 0 Å². The van der Waals surface area contributed by atoms with Gasteiger partial charge in [0.25, 0.3) is 0 Å². The van der Waals surface area contributed by atoms with E-state index in [1.165, 1.54) is 10.4 Å². The molecule has 0 aliphatic heterocycles. The van der Waals surface area contributed by atoms with E-state index in [2.05, 4.69) is 31.3 Å². The molecule has 1 heterocycles. The summed E-state index contributed by atoms with van der Waals surface area (Å²) in [5.41, 5.74) is 2.40. The molecule has 0 aliphatic rings. The van der Waals surface area contributed by atoms with E-state index < -0.39 is 0 Å². The summed E-state index contributed by atoms with van der Waals surface area (Å²) in [7, 11) is 0. The van der Waals surface area contributed by atoms with Crippen LogP contribution in [0.3, 0.4) is 0 Å². The number of hydrogen-bond donors (Lipinski definition) is 1. The van der Waals surface area contributed by atoms with E-state index in [0.29, 0.717) is 6.04 Å². The molecule has 4 heteroatoms. The van der Waals surface area contributed by atoms with Crippen molar-refractivity contribution in [3.63, 3.8) is 0 Å². The zero-order chi connectivity index (χ0) is 14.5. The van der Waals surface area contributed by atoms with Crippen molar-refractivity contribution in [2.45, 2.75) is 32.7 Å². The summed E-state index contributed by atoms with van der Waals surface area (Å²) < 4.78 is 0.884. The first kappa shape index (κ1) is 15.8. The lowest BCUT2D eigenvalue weighted by Crippen LogP contribution is -2.23. The average Bonchev–Trinajstić information content (AvgIpc) is 2.74. The second kappa shape index (κ2) is 7.46. The highest BCUT2D eigenvalue weighted by atomic mass is 35.5. The minimum atomic E-state index is 0.296. The molecule has 0 amide bonds. The van der Waals surface area contributed by atoms with E-state index >= 15 is 0 Å². The summed E-state index contributed by atoms with van der Waals surface area (Å²) in [6.07, 6.45) is 2.04. The number of nitrogens with one attached hydrogen (secondary N) is 1. The number of halogens is 2. The normalized spacial score (nSPS) is 12.6. The molecule has 2 rings (SSSR count). The lowest BCUT2D eigenvalue weighted by molar-refractivity contribution is 0.536. The molecule has 1 aromatic heterocycles. The second-order valence-corrected chi connectivity index (χ2v) is 7.07. The van der Waals surface area contributed by atoms with Gasteiger partial charge in [0, 0.05) is 15.9 Å². The molecule has 1 unspecified atom stereocenters. The molecule has 108 valence electrons. The van der Waals surface area contributed by atoms with Crippen molar-refractivity contribution in [2.75, 3.05) is 6.54 Å². The van der Waals surface area contributed by atoms with E-state index in [4.69, 9.17) is 23.2 Å². The Morgan fingerprint density at radius 1 is 1.25 bits per heavy atom. The van der Waals surface area contributed by atoms with Crippen molar-refractivity contribution < 1.29 is 0 Å². The Balaban J connectivity index is 2.19. The maximum Gasteiger partial charge on any atom is 0.0960 e. The van der Waals surface area contributed by atoms with Crippen molar-refractivity contribution >= 4 is 34.5 Å². The molecule has 1 aromatic carbocycles. The molecule has 0 radical (unpaired) electrons. The Bertz CT molecular complexity index is 546. The van der Waals surface area contributed by atoms with E-state index in [1.54, 1.807) is 11.3 Å². The SMILES string of the molecule is CCCNC(Cc1cccc(Cl)c1)c1cc(C)c(Cl)s1. The van der Waals surface area contributed by atoms with Crippen molar-refractivity contribution in [1.82, 2.24) is 5.32 Å². The quantitative estimate of drug-likeness (QED) is 0.723. The van der Waals surface area contributed by atoms with Crippen molar-refractivity contribution in [3.8, 4) is 0 Å². The van der Waals surface area contributed by atoms with Gasteiger partial charge in [-0.05, 0) is 55.6 Å². The highest BCUT2D eigenvalue weighted by molar-refractivity contribution is 7.16. The predicted molar refractivity (Wildman–Crippen MR) is 90.3 cm³/mol. The molecular formula is C16H19Cl2NS.